The largest absolute Gasteiger partial charge is 0.383 e. The minimum atomic E-state index is 0.180. The van der Waals surface area contributed by atoms with Crippen molar-refractivity contribution in [3.8, 4) is 5.75 Å². The predicted molar refractivity (Wildman–Crippen MR) is 108 cm³/mol. The van der Waals surface area contributed by atoms with Gasteiger partial charge in [-0.2, -0.15) is 0 Å². The van der Waals surface area contributed by atoms with E-state index in [-0.39, 0.29) is 11.5 Å². The van der Waals surface area contributed by atoms with Gasteiger partial charge in [0.2, 0.25) is 0 Å². The normalized spacial score (nSPS) is 17.4. The summed E-state index contributed by atoms with van der Waals surface area (Å²) in [5.41, 5.74) is 5.00. The van der Waals surface area contributed by atoms with Crippen LogP contribution < -0.4 is 15.8 Å². The second kappa shape index (κ2) is 8.59. The summed E-state index contributed by atoms with van der Waals surface area (Å²) in [7, 11) is 0. The molecule has 0 radical (unpaired) electrons. The molecule has 2 fully saturated rings. The van der Waals surface area contributed by atoms with Crippen molar-refractivity contribution >= 4 is 11.0 Å². The smallest absolute Gasteiger partial charge is 0.152 e. The van der Waals surface area contributed by atoms with Crippen molar-refractivity contribution in [2.24, 2.45) is 11.3 Å². The Hall–Kier alpha value is -1.63. The van der Waals surface area contributed by atoms with Gasteiger partial charge in [0, 0.05) is 32.1 Å². The molecule has 27 heavy (non-hydrogen) atoms. The fourth-order valence-electron chi connectivity index (χ4n) is 3.08. The van der Waals surface area contributed by atoms with Crippen LogP contribution in [0.5, 0.6) is 5.75 Å². The summed E-state index contributed by atoms with van der Waals surface area (Å²) in [6.45, 7) is 13.6. The first kappa shape index (κ1) is 20.1. The van der Waals surface area contributed by atoms with E-state index < -0.39 is 0 Å². The molecular formula is C21H34N4O2. The van der Waals surface area contributed by atoms with Crippen LogP contribution in [0.1, 0.15) is 53.3 Å². The Balaban J connectivity index is 0.00000102. The van der Waals surface area contributed by atoms with Crippen LogP contribution in [0, 0.1) is 11.3 Å². The first-order chi connectivity index (χ1) is 13.0. The second-order valence-corrected chi connectivity index (χ2v) is 8.55. The number of nitrogens with zero attached hydrogens (tertiary/aromatic N) is 2. The fraction of sp³-hybridized carbons (Fsp3) is 0.667. The lowest BCUT2D eigenvalue weighted by atomic mass is 9.92. The van der Waals surface area contributed by atoms with E-state index in [1.165, 1.54) is 24.2 Å². The molecule has 1 aliphatic carbocycles. The Bertz CT molecular complexity index is 742. The lowest BCUT2D eigenvalue weighted by Crippen LogP contribution is -2.51. The molecule has 0 unspecified atom stereocenters. The summed E-state index contributed by atoms with van der Waals surface area (Å²) < 4.78 is 2.41. The molecule has 0 atom stereocenters. The topological polar surface area (TPSA) is 60.3 Å². The van der Waals surface area contributed by atoms with Gasteiger partial charge in [0.1, 0.15) is 11.9 Å². The number of imidazole rings is 1. The van der Waals surface area contributed by atoms with Gasteiger partial charge < -0.3 is 14.7 Å². The summed E-state index contributed by atoms with van der Waals surface area (Å²) in [6.07, 6.45) is 3.83. The van der Waals surface area contributed by atoms with E-state index in [4.69, 9.17) is 14.7 Å². The SMILES string of the molecule is CC.CC(C)(C)Cc1nc2cc(ONOC3CNC3)ccc2n1CC1CC1. The first-order valence-electron chi connectivity index (χ1n) is 10.3. The Morgan fingerprint density at radius 1 is 1.22 bits per heavy atom. The molecule has 6 heteroatoms. The lowest BCUT2D eigenvalue weighted by molar-refractivity contribution is -0.156. The number of benzene rings is 1. The third kappa shape index (κ3) is 5.43. The summed E-state index contributed by atoms with van der Waals surface area (Å²) in [5, 5.41) is 3.15. The fourth-order valence-corrected chi connectivity index (χ4v) is 3.08. The first-order valence-corrected chi connectivity index (χ1v) is 10.3. The van der Waals surface area contributed by atoms with Crippen LogP contribution in [0.4, 0.5) is 0 Å². The van der Waals surface area contributed by atoms with Crippen LogP contribution in [-0.2, 0) is 17.8 Å². The monoisotopic (exact) mass is 374 g/mol. The van der Waals surface area contributed by atoms with Gasteiger partial charge in [-0.3, -0.25) is 4.84 Å². The molecule has 2 aromatic rings. The van der Waals surface area contributed by atoms with E-state index in [0.29, 0.717) is 0 Å². The van der Waals surface area contributed by atoms with Crippen molar-refractivity contribution in [1.29, 1.82) is 0 Å². The highest BCUT2D eigenvalue weighted by Gasteiger charge is 2.26. The van der Waals surface area contributed by atoms with Gasteiger partial charge in [-0.15, -0.1) is 0 Å². The minimum absolute atomic E-state index is 0.180. The molecule has 0 bridgehead atoms. The average Bonchev–Trinajstić information content (AvgIpc) is 3.34. The number of fused-ring (bicyclic) bond motifs is 1. The van der Waals surface area contributed by atoms with E-state index in [2.05, 4.69) is 42.4 Å². The molecule has 1 aromatic carbocycles. The van der Waals surface area contributed by atoms with E-state index in [1.54, 1.807) is 0 Å². The molecule has 2 aliphatic rings. The minimum Gasteiger partial charge on any atom is -0.383 e. The van der Waals surface area contributed by atoms with E-state index in [9.17, 15) is 0 Å². The van der Waals surface area contributed by atoms with Gasteiger partial charge in [0.05, 0.1) is 11.0 Å². The molecule has 150 valence electrons. The standard InChI is InChI=1S/C19H28N4O2.C2H6/c1-19(2,3)9-18-21-16-8-14(24-22-25-15-10-20-11-15)6-7-17(16)23(18)12-13-4-5-13;1-2/h6-8,13,15,20,22H,4-5,9-12H2,1-3H3;1-2H3. The zero-order chi connectivity index (χ0) is 19.4. The third-order valence-electron chi connectivity index (χ3n) is 4.74. The number of hydrogen-bond acceptors (Lipinski definition) is 5. The van der Waals surface area contributed by atoms with Gasteiger partial charge in [0.25, 0.3) is 0 Å². The van der Waals surface area contributed by atoms with Crippen molar-refractivity contribution in [3.05, 3.63) is 24.0 Å². The molecular weight excluding hydrogens is 340 g/mol. The molecule has 1 saturated carbocycles. The predicted octanol–water partition coefficient (Wildman–Crippen LogP) is 3.85. The van der Waals surface area contributed by atoms with Crippen molar-refractivity contribution in [2.75, 3.05) is 13.1 Å². The maximum absolute atomic E-state index is 5.51. The number of rotatable bonds is 7. The van der Waals surface area contributed by atoms with Gasteiger partial charge in [-0.25, -0.2) is 4.98 Å². The van der Waals surface area contributed by atoms with Gasteiger partial charge in [-0.1, -0.05) is 34.6 Å². The van der Waals surface area contributed by atoms with Crippen molar-refractivity contribution in [3.63, 3.8) is 0 Å². The number of hydrogen-bond donors (Lipinski definition) is 2. The Kier molecular flexibility index (Phi) is 6.40. The second-order valence-electron chi connectivity index (χ2n) is 8.55. The molecule has 2 heterocycles. The van der Waals surface area contributed by atoms with Gasteiger partial charge >= 0.3 is 0 Å². The van der Waals surface area contributed by atoms with E-state index >= 15 is 0 Å². The quantitative estimate of drug-likeness (QED) is 0.721. The molecule has 1 aromatic heterocycles. The zero-order valence-corrected chi connectivity index (χ0v) is 17.3. The number of nitrogens with one attached hydrogen (secondary N) is 2. The number of aromatic nitrogens is 2. The average molecular weight is 375 g/mol. The Morgan fingerprint density at radius 3 is 2.56 bits per heavy atom. The molecule has 0 spiro atoms. The van der Waals surface area contributed by atoms with Gasteiger partial charge in [0.15, 0.2) is 5.75 Å². The maximum Gasteiger partial charge on any atom is 0.152 e. The third-order valence-corrected chi connectivity index (χ3v) is 4.74. The molecule has 1 saturated heterocycles. The van der Waals surface area contributed by atoms with Crippen LogP contribution in [0.25, 0.3) is 11.0 Å². The molecule has 0 amide bonds. The van der Waals surface area contributed by atoms with E-state index in [1.807, 2.05) is 26.0 Å². The maximum atomic E-state index is 5.51. The summed E-state index contributed by atoms with van der Waals surface area (Å²) in [4.78, 5) is 15.8. The zero-order valence-electron chi connectivity index (χ0n) is 17.3. The molecule has 6 nitrogen and oxygen atoms in total. The lowest BCUT2D eigenvalue weighted by Gasteiger charge is -2.26. The Morgan fingerprint density at radius 2 is 1.96 bits per heavy atom. The highest BCUT2D eigenvalue weighted by Crippen LogP contribution is 2.34. The van der Waals surface area contributed by atoms with E-state index in [0.717, 1.165) is 43.2 Å². The van der Waals surface area contributed by atoms with Crippen LogP contribution >= 0.6 is 0 Å². The summed E-state index contributed by atoms with van der Waals surface area (Å²) in [6, 6.07) is 6.07. The summed E-state index contributed by atoms with van der Waals surface area (Å²) >= 11 is 0. The molecule has 2 N–H and O–H groups in total. The Labute approximate surface area is 162 Å². The highest BCUT2D eigenvalue weighted by atomic mass is 16.9. The highest BCUT2D eigenvalue weighted by molar-refractivity contribution is 5.77. The van der Waals surface area contributed by atoms with Crippen LogP contribution in [0.3, 0.4) is 0 Å². The molecule has 4 rings (SSSR count). The van der Waals surface area contributed by atoms with Gasteiger partial charge in [-0.05, 0) is 42.0 Å². The van der Waals surface area contributed by atoms with Crippen molar-refractivity contribution in [1.82, 2.24) is 20.5 Å². The van der Waals surface area contributed by atoms with Crippen molar-refractivity contribution < 1.29 is 9.68 Å². The molecule has 1 aliphatic heterocycles. The van der Waals surface area contributed by atoms with Crippen LogP contribution in [-0.4, -0.2) is 28.7 Å². The summed E-state index contributed by atoms with van der Waals surface area (Å²) in [5.74, 6) is 2.72. The van der Waals surface area contributed by atoms with Crippen molar-refractivity contribution in [2.45, 2.75) is 66.5 Å². The van der Waals surface area contributed by atoms with Crippen LogP contribution in [0.15, 0.2) is 18.2 Å². The van der Waals surface area contributed by atoms with Crippen LogP contribution in [0.2, 0.25) is 0 Å².